The number of ether oxygens (including phenoxy) is 1. The van der Waals surface area contributed by atoms with E-state index in [1.165, 1.54) is 31.3 Å². The van der Waals surface area contributed by atoms with Gasteiger partial charge in [-0.2, -0.15) is 0 Å². The summed E-state index contributed by atoms with van der Waals surface area (Å²) in [5.74, 6) is 0.286. The lowest BCUT2D eigenvalue weighted by molar-refractivity contribution is -0.148. The fraction of sp³-hybridized carbons (Fsp3) is 0.889. The molecule has 0 spiro atoms. The van der Waals surface area contributed by atoms with E-state index in [4.69, 9.17) is 4.74 Å². The monoisotopic (exact) mass is 438 g/mol. The molecule has 1 aliphatic carbocycles. The number of aliphatic hydroxyl groups excluding tert-OH is 2. The van der Waals surface area contributed by atoms with E-state index in [-0.39, 0.29) is 30.0 Å². The maximum Gasteiger partial charge on any atom is 0.308 e. The van der Waals surface area contributed by atoms with Gasteiger partial charge < -0.3 is 14.9 Å². The molecule has 2 unspecified atom stereocenters. The molecule has 1 saturated carbocycles. The van der Waals surface area contributed by atoms with E-state index in [0.29, 0.717) is 6.61 Å². The Bertz CT molecular complexity index is 488. The summed E-state index contributed by atoms with van der Waals surface area (Å²) in [4.78, 5) is 12.2. The highest BCUT2D eigenvalue weighted by atomic mass is 16.5. The largest absolute Gasteiger partial charge is 0.466 e. The third-order valence-corrected chi connectivity index (χ3v) is 6.81. The molecule has 4 nitrogen and oxygen atoms in total. The highest BCUT2D eigenvalue weighted by molar-refractivity contribution is 5.72. The van der Waals surface area contributed by atoms with Crippen LogP contribution >= 0.6 is 0 Å². The van der Waals surface area contributed by atoms with Gasteiger partial charge in [0.05, 0.1) is 24.7 Å². The highest BCUT2D eigenvalue weighted by Gasteiger charge is 2.29. The molecule has 182 valence electrons. The Morgan fingerprint density at radius 3 is 2.29 bits per heavy atom. The minimum atomic E-state index is -0.245. The second-order valence-corrected chi connectivity index (χ2v) is 9.46. The van der Waals surface area contributed by atoms with Crippen molar-refractivity contribution in [1.29, 1.82) is 0 Å². The molecule has 31 heavy (non-hydrogen) atoms. The van der Waals surface area contributed by atoms with Crippen LogP contribution in [-0.2, 0) is 9.53 Å². The van der Waals surface area contributed by atoms with Crippen molar-refractivity contribution in [3.8, 4) is 0 Å². The molecule has 0 bridgehead atoms. The van der Waals surface area contributed by atoms with Crippen molar-refractivity contribution in [1.82, 2.24) is 0 Å². The summed E-state index contributed by atoms with van der Waals surface area (Å²) >= 11 is 0. The Kier molecular flexibility index (Phi) is 16.0. The summed E-state index contributed by atoms with van der Waals surface area (Å²) < 4.78 is 5.28. The molecule has 4 atom stereocenters. The van der Waals surface area contributed by atoms with E-state index in [2.05, 4.69) is 19.9 Å². The standard InChI is InChI=1S/C27H50O4/c1-4-7-10-14-23(27(30)31-6-3)15-12-9-13-17-25-22(19-21-26(25)29)18-20-24(28)16-11-8-5-2/h18,23-26,28-29H,4-17,19-21H2,1-3H3/t23?,24?,25-,26+/m1/s1. The molecule has 0 heterocycles. The number of rotatable bonds is 18. The summed E-state index contributed by atoms with van der Waals surface area (Å²) in [5.41, 5.74) is 1.35. The second-order valence-electron chi connectivity index (χ2n) is 9.46. The first-order valence-electron chi connectivity index (χ1n) is 13.2. The lowest BCUT2D eigenvalue weighted by Gasteiger charge is -2.18. The normalized spacial score (nSPS) is 22.0. The fourth-order valence-corrected chi connectivity index (χ4v) is 4.83. The van der Waals surface area contributed by atoms with Crippen LogP contribution in [0.15, 0.2) is 11.6 Å². The molecular weight excluding hydrogens is 388 g/mol. The molecule has 4 heteroatoms. The first-order valence-corrected chi connectivity index (χ1v) is 13.2. The predicted molar refractivity (Wildman–Crippen MR) is 129 cm³/mol. The fourth-order valence-electron chi connectivity index (χ4n) is 4.83. The Morgan fingerprint density at radius 1 is 1.00 bits per heavy atom. The molecule has 1 aliphatic rings. The zero-order valence-corrected chi connectivity index (χ0v) is 20.6. The molecular formula is C27H50O4. The molecule has 2 N–H and O–H groups in total. The number of carbonyl (C=O) groups excluding carboxylic acids is 1. The number of aliphatic hydroxyl groups is 2. The van der Waals surface area contributed by atoms with Gasteiger partial charge in [0, 0.05) is 5.92 Å². The van der Waals surface area contributed by atoms with Gasteiger partial charge in [0.15, 0.2) is 0 Å². The lowest BCUT2D eigenvalue weighted by Crippen LogP contribution is -2.18. The van der Waals surface area contributed by atoms with Crippen molar-refractivity contribution >= 4 is 5.97 Å². The Labute approximate surface area is 191 Å². The maximum atomic E-state index is 12.2. The molecule has 1 fully saturated rings. The average Bonchev–Trinajstić information content (AvgIpc) is 3.10. The van der Waals surface area contributed by atoms with Gasteiger partial charge in [0.2, 0.25) is 0 Å². The van der Waals surface area contributed by atoms with Crippen LogP contribution in [0.25, 0.3) is 0 Å². The van der Waals surface area contributed by atoms with E-state index < -0.39 is 0 Å². The summed E-state index contributed by atoms with van der Waals surface area (Å²) in [6.45, 7) is 6.71. The summed E-state index contributed by atoms with van der Waals surface area (Å²) in [5, 5.41) is 20.6. The third kappa shape index (κ3) is 12.1. The van der Waals surface area contributed by atoms with Gasteiger partial charge in [-0.1, -0.05) is 83.3 Å². The Morgan fingerprint density at radius 2 is 1.65 bits per heavy atom. The average molecular weight is 439 g/mol. The minimum Gasteiger partial charge on any atom is -0.466 e. The van der Waals surface area contributed by atoms with Crippen LogP contribution in [0.3, 0.4) is 0 Å². The summed E-state index contributed by atoms with van der Waals surface area (Å²) in [7, 11) is 0. The van der Waals surface area contributed by atoms with Crippen molar-refractivity contribution in [3.63, 3.8) is 0 Å². The van der Waals surface area contributed by atoms with Crippen molar-refractivity contribution in [2.24, 2.45) is 11.8 Å². The van der Waals surface area contributed by atoms with Crippen molar-refractivity contribution in [2.75, 3.05) is 6.61 Å². The summed E-state index contributed by atoms with van der Waals surface area (Å²) in [6, 6.07) is 0. The molecule has 0 saturated heterocycles. The molecule has 0 aromatic rings. The van der Waals surface area contributed by atoms with Gasteiger partial charge >= 0.3 is 5.97 Å². The smallest absolute Gasteiger partial charge is 0.308 e. The van der Waals surface area contributed by atoms with E-state index >= 15 is 0 Å². The first-order chi connectivity index (χ1) is 15.0. The number of unbranched alkanes of at least 4 members (excludes halogenated alkanes) is 6. The van der Waals surface area contributed by atoms with Gasteiger partial charge in [-0.15, -0.1) is 0 Å². The van der Waals surface area contributed by atoms with Gasteiger partial charge in [0.25, 0.3) is 0 Å². The molecule has 0 amide bonds. The number of hydrogen-bond donors (Lipinski definition) is 2. The highest BCUT2D eigenvalue weighted by Crippen LogP contribution is 2.36. The molecule has 0 radical (unpaired) electrons. The number of esters is 1. The molecule has 1 rings (SSSR count). The van der Waals surface area contributed by atoms with Crippen molar-refractivity contribution < 1.29 is 19.7 Å². The quantitative estimate of drug-likeness (QED) is 0.141. The molecule has 0 aromatic heterocycles. The predicted octanol–water partition coefficient (Wildman–Crippen LogP) is 6.73. The van der Waals surface area contributed by atoms with E-state index in [1.807, 2.05) is 6.92 Å². The van der Waals surface area contributed by atoms with Crippen LogP contribution in [0.4, 0.5) is 0 Å². The topological polar surface area (TPSA) is 66.8 Å². The molecule has 0 aliphatic heterocycles. The third-order valence-electron chi connectivity index (χ3n) is 6.81. The van der Waals surface area contributed by atoms with E-state index in [1.54, 1.807) is 0 Å². The van der Waals surface area contributed by atoms with E-state index in [9.17, 15) is 15.0 Å². The zero-order chi connectivity index (χ0) is 22.9. The van der Waals surface area contributed by atoms with Crippen LogP contribution in [0, 0.1) is 11.8 Å². The minimum absolute atomic E-state index is 0.0208. The van der Waals surface area contributed by atoms with Crippen LogP contribution in [0.5, 0.6) is 0 Å². The van der Waals surface area contributed by atoms with Gasteiger partial charge in [-0.3, -0.25) is 4.79 Å². The second kappa shape index (κ2) is 17.7. The van der Waals surface area contributed by atoms with Crippen LogP contribution in [-0.4, -0.2) is 35.0 Å². The van der Waals surface area contributed by atoms with Gasteiger partial charge in [0.1, 0.15) is 0 Å². The van der Waals surface area contributed by atoms with Crippen molar-refractivity contribution in [2.45, 2.75) is 136 Å². The maximum absolute atomic E-state index is 12.2. The van der Waals surface area contributed by atoms with Gasteiger partial charge in [-0.25, -0.2) is 0 Å². The lowest BCUT2D eigenvalue weighted by atomic mass is 9.91. The van der Waals surface area contributed by atoms with Crippen LogP contribution in [0.2, 0.25) is 0 Å². The van der Waals surface area contributed by atoms with Gasteiger partial charge in [-0.05, 0) is 51.9 Å². The SMILES string of the molecule is CCCCCC(O)CC=C1CC[C@H](O)[C@@H]1CCCCCC(CCCCC)C(=O)OCC. The Hall–Kier alpha value is -0.870. The first kappa shape index (κ1) is 28.2. The zero-order valence-electron chi connectivity index (χ0n) is 20.6. The Balaban J connectivity index is 2.36. The number of carbonyl (C=O) groups is 1. The van der Waals surface area contributed by atoms with Crippen LogP contribution < -0.4 is 0 Å². The van der Waals surface area contributed by atoms with E-state index in [0.717, 1.165) is 77.0 Å². The number of hydrogen-bond acceptors (Lipinski definition) is 4. The summed E-state index contributed by atoms with van der Waals surface area (Å²) in [6.07, 6.45) is 18.2. The molecule has 0 aromatic carbocycles. The van der Waals surface area contributed by atoms with Crippen LogP contribution in [0.1, 0.15) is 124 Å². The van der Waals surface area contributed by atoms with Crippen molar-refractivity contribution in [3.05, 3.63) is 11.6 Å².